The molecular weight excluding hydrogens is 404 g/mol. The second-order valence-corrected chi connectivity index (χ2v) is 7.38. The van der Waals surface area contributed by atoms with Crippen LogP contribution >= 0.6 is 0 Å². The maximum atomic E-state index is 8.52. The zero-order chi connectivity index (χ0) is 24.0. The highest BCUT2D eigenvalue weighted by atomic mass is 16.5. The zero-order valence-corrected chi connectivity index (χ0v) is 19.5. The van der Waals surface area contributed by atoms with Crippen molar-refractivity contribution in [3.05, 3.63) is 36.9 Å². The fraction of sp³-hybridized carbons (Fsp3) is 0.700. The summed E-state index contributed by atoms with van der Waals surface area (Å²) in [5.74, 6) is 0. The number of aliphatic hydroxyl groups is 3. The molecule has 0 fully saturated rings. The summed E-state index contributed by atoms with van der Waals surface area (Å²) in [4.78, 5) is 0. The number of nitrogens with zero attached hydrogens (tertiary/aromatic N) is 6. The average molecular weight is 445 g/mol. The molecule has 0 aliphatic rings. The molecule has 2 heterocycles. The van der Waals surface area contributed by atoms with Crippen molar-refractivity contribution in [2.24, 2.45) is 0 Å². The molecule has 0 radical (unpaired) electrons. The maximum Gasteiger partial charge on any atom is 0.0698 e. The van der Waals surface area contributed by atoms with Crippen LogP contribution in [0.5, 0.6) is 0 Å². The van der Waals surface area contributed by atoms with Crippen LogP contribution in [0, 0.1) is 0 Å². The molecular formula is C20H40N6O5. The van der Waals surface area contributed by atoms with E-state index in [-0.39, 0.29) is 13.2 Å². The summed E-state index contributed by atoms with van der Waals surface area (Å²) in [5, 5.41) is 40.0. The van der Waals surface area contributed by atoms with E-state index in [4.69, 9.17) is 24.8 Å². The Hall–Kier alpha value is -2.18. The van der Waals surface area contributed by atoms with Gasteiger partial charge in [-0.25, -0.2) is 0 Å². The largest absolute Gasteiger partial charge is 0.394 e. The van der Waals surface area contributed by atoms with Gasteiger partial charge in [0, 0.05) is 12.4 Å². The maximum absolute atomic E-state index is 8.52. The third kappa shape index (κ3) is 32.7. The first kappa shape index (κ1) is 31.0. The monoisotopic (exact) mass is 444 g/mol. The van der Waals surface area contributed by atoms with E-state index in [1.165, 1.54) is 5.57 Å². The molecule has 0 saturated heterocycles. The standard InChI is InChI=1S/2C6H11N3O2.C4H10O.C4H8/c2*10-4-6-11-5-3-9-2-1-7-8-9;1-4(2,3)5;1-4(2)3/h2*1-2,10H,3-6H2;5H,1-3H3;1H2,2-3H3. The summed E-state index contributed by atoms with van der Waals surface area (Å²) in [5.41, 5.74) is 0.667. The van der Waals surface area contributed by atoms with Crippen LogP contribution in [0.4, 0.5) is 0 Å². The molecule has 2 aromatic heterocycles. The molecule has 0 atom stereocenters. The van der Waals surface area contributed by atoms with Gasteiger partial charge in [-0.3, -0.25) is 9.36 Å². The summed E-state index contributed by atoms with van der Waals surface area (Å²) in [7, 11) is 0. The topological polar surface area (TPSA) is 141 Å². The first-order valence-electron chi connectivity index (χ1n) is 10.00. The molecule has 11 heteroatoms. The van der Waals surface area contributed by atoms with E-state index in [0.29, 0.717) is 39.5 Å². The summed E-state index contributed by atoms with van der Waals surface area (Å²) in [6.07, 6.45) is 6.77. The quantitative estimate of drug-likeness (QED) is 0.360. The summed E-state index contributed by atoms with van der Waals surface area (Å²) in [6, 6.07) is 0. The van der Waals surface area contributed by atoms with Gasteiger partial charge in [-0.15, -0.1) is 16.8 Å². The fourth-order valence-electron chi connectivity index (χ4n) is 1.35. The predicted octanol–water partition coefficient (Wildman–Crippen LogP) is 0.934. The molecule has 0 amide bonds. The van der Waals surface area contributed by atoms with Crippen LogP contribution < -0.4 is 0 Å². The van der Waals surface area contributed by atoms with Gasteiger partial charge in [0.1, 0.15) is 0 Å². The molecule has 0 saturated carbocycles. The highest BCUT2D eigenvalue weighted by molar-refractivity contribution is 4.78. The van der Waals surface area contributed by atoms with Crippen LogP contribution in [0.3, 0.4) is 0 Å². The van der Waals surface area contributed by atoms with Crippen LogP contribution in [0.2, 0.25) is 0 Å². The van der Waals surface area contributed by atoms with Gasteiger partial charge in [0.25, 0.3) is 0 Å². The number of aliphatic hydroxyl groups excluding tert-OH is 2. The molecule has 31 heavy (non-hydrogen) atoms. The molecule has 2 rings (SSSR count). The molecule has 11 nitrogen and oxygen atoms in total. The Morgan fingerprint density at radius 1 is 0.839 bits per heavy atom. The third-order valence-corrected chi connectivity index (χ3v) is 2.34. The third-order valence-electron chi connectivity index (χ3n) is 2.34. The Morgan fingerprint density at radius 2 is 1.16 bits per heavy atom. The van der Waals surface area contributed by atoms with Gasteiger partial charge in [-0.2, -0.15) is 0 Å². The van der Waals surface area contributed by atoms with Crippen molar-refractivity contribution in [2.75, 3.05) is 39.6 Å². The molecule has 0 unspecified atom stereocenters. The number of ether oxygens (including phenoxy) is 2. The predicted molar refractivity (Wildman–Crippen MR) is 118 cm³/mol. The highest BCUT2D eigenvalue weighted by Crippen LogP contribution is 1.93. The molecule has 3 N–H and O–H groups in total. The van der Waals surface area contributed by atoms with Crippen LogP contribution in [0.15, 0.2) is 36.9 Å². The minimum absolute atomic E-state index is 0.0668. The van der Waals surface area contributed by atoms with Crippen molar-refractivity contribution in [1.82, 2.24) is 30.0 Å². The first-order valence-corrected chi connectivity index (χ1v) is 10.00. The van der Waals surface area contributed by atoms with Gasteiger partial charge in [0.05, 0.1) is 70.7 Å². The lowest BCUT2D eigenvalue weighted by atomic mass is 10.2. The lowest BCUT2D eigenvalue weighted by Crippen LogP contribution is -2.10. The minimum Gasteiger partial charge on any atom is -0.394 e. The van der Waals surface area contributed by atoms with Crippen molar-refractivity contribution < 1.29 is 24.8 Å². The Kier molecular flexibility index (Phi) is 21.1. The lowest BCUT2D eigenvalue weighted by molar-refractivity contribution is 0.0851. The van der Waals surface area contributed by atoms with E-state index in [1.807, 2.05) is 13.8 Å². The Balaban J connectivity index is 0. The second-order valence-electron chi connectivity index (χ2n) is 7.38. The van der Waals surface area contributed by atoms with Crippen LogP contribution in [0.25, 0.3) is 0 Å². The number of allylic oxidation sites excluding steroid dienone is 1. The van der Waals surface area contributed by atoms with E-state index in [9.17, 15) is 0 Å². The van der Waals surface area contributed by atoms with Crippen LogP contribution in [-0.2, 0) is 22.6 Å². The highest BCUT2D eigenvalue weighted by Gasteiger charge is 1.98. The van der Waals surface area contributed by atoms with Crippen molar-refractivity contribution >= 4 is 0 Å². The van der Waals surface area contributed by atoms with Crippen molar-refractivity contribution in [3.8, 4) is 0 Å². The average Bonchev–Trinajstić information content (AvgIpc) is 3.35. The van der Waals surface area contributed by atoms with Crippen molar-refractivity contribution in [2.45, 2.75) is 53.3 Å². The number of aromatic nitrogens is 6. The normalized spacial score (nSPS) is 10.1. The zero-order valence-electron chi connectivity index (χ0n) is 19.5. The Labute approximate surface area is 185 Å². The van der Waals surface area contributed by atoms with Gasteiger partial charge in [0.2, 0.25) is 0 Å². The summed E-state index contributed by atoms with van der Waals surface area (Å²) >= 11 is 0. The van der Waals surface area contributed by atoms with E-state index in [1.54, 1.807) is 54.9 Å². The minimum atomic E-state index is -0.500. The lowest BCUT2D eigenvalue weighted by Gasteiger charge is -2.04. The number of rotatable bonds is 10. The SMILES string of the molecule is C=C(C)C.CC(C)(C)O.OCCOCCn1ccnn1.OCCOCCn1ccnn1. The van der Waals surface area contributed by atoms with Crippen molar-refractivity contribution in [1.29, 1.82) is 0 Å². The Morgan fingerprint density at radius 3 is 1.39 bits per heavy atom. The number of hydrogen-bond acceptors (Lipinski definition) is 9. The molecule has 180 valence electrons. The first-order chi connectivity index (χ1) is 14.6. The molecule has 0 aromatic carbocycles. The van der Waals surface area contributed by atoms with Gasteiger partial charge >= 0.3 is 0 Å². The van der Waals surface area contributed by atoms with Gasteiger partial charge in [0.15, 0.2) is 0 Å². The second kappa shape index (κ2) is 21.1. The summed E-state index contributed by atoms with van der Waals surface area (Å²) < 4.78 is 13.4. The number of hydrogen-bond donors (Lipinski definition) is 3. The van der Waals surface area contributed by atoms with E-state index in [0.717, 1.165) is 0 Å². The Bertz CT molecular complexity index is 548. The molecule has 0 bridgehead atoms. The van der Waals surface area contributed by atoms with Gasteiger partial charge < -0.3 is 24.8 Å². The smallest absolute Gasteiger partial charge is 0.0698 e. The van der Waals surface area contributed by atoms with Gasteiger partial charge in [-0.1, -0.05) is 16.0 Å². The van der Waals surface area contributed by atoms with Gasteiger partial charge in [-0.05, 0) is 34.6 Å². The fourth-order valence-corrected chi connectivity index (χ4v) is 1.35. The van der Waals surface area contributed by atoms with E-state index >= 15 is 0 Å². The molecule has 0 spiro atoms. The van der Waals surface area contributed by atoms with E-state index in [2.05, 4.69) is 27.2 Å². The van der Waals surface area contributed by atoms with E-state index < -0.39 is 5.60 Å². The van der Waals surface area contributed by atoms with Crippen LogP contribution in [-0.4, -0.2) is 90.5 Å². The molecule has 0 aliphatic heterocycles. The molecule has 2 aromatic rings. The van der Waals surface area contributed by atoms with Crippen LogP contribution in [0.1, 0.15) is 34.6 Å². The van der Waals surface area contributed by atoms with Crippen molar-refractivity contribution in [3.63, 3.8) is 0 Å². The molecule has 0 aliphatic carbocycles. The summed E-state index contributed by atoms with van der Waals surface area (Å²) in [6.45, 7) is 16.1.